The van der Waals surface area contributed by atoms with Crippen LogP contribution >= 0.6 is 15.9 Å². The summed E-state index contributed by atoms with van der Waals surface area (Å²) in [6, 6.07) is 25.1. The predicted octanol–water partition coefficient (Wildman–Crippen LogP) is 6.02. The van der Waals surface area contributed by atoms with Crippen LogP contribution in [0.2, 0.25) is 0 Å². The van der Waals surface area contributed by atoms with Crippen molar-refractivity contribution in [2.24, 2.45) is 5.92 Å². The van der Waals surface area contributed by atoms with E-state index in [1.807, 2.05) is 43.3 Å². The van der Waals surface area contributed by atoms with Crippen molar-refractivity contribution in [3.05, 3.63) is 100 Å². The van der Waals surface area contributed by atoms with Gasteiger partial charge in [0.2, 0.25) is 9.84 Å². The standard InChI is InChI=1S/C26H26BrNO2S/c1-19-9-8-11-21(15-19)26-22(16-27)17-28(24-14-7-6-10-20(24)2)18-25(26)31(29,30)23-12-4-3-5-13-23/h3-15,22H,16-18H2,1-2H3. The third-order valence-corrected chi connectivity index (χ3v) is 8.51. The quantitative estimate of drug-likeness (QED) is 0.406. The van der Waals surface area contributed by atoms with Crippen LogP contribution < -0.4 is 4.90 Å². The van der Waals surface area contributed by atoms with E-state index in [-0.39, 0.29) is 5.92 Å². The van der Waals surface area contributed by atoms with Crippen LogP contribution in [0.5, 0.6) is 0 Å². The molecule has 0 amide bonds. The van der Waals surface area contributed by atoms with Crippen molar-refractivity contribution in [2.45, 2.75) is 18.7 Å². The Labute approximate surface area is 193 Å². The van der Waals surface area contributed by atoms with Crippen LogP contribution in [-0.2, 0) is 9.84 Å². The van der Waals surface area contributed by atoms with Crippen molar-refractivity contribution in [1.82, 2.24) is 0 Å². The molecule has 0 saturated carbocycles. The second-order valence-electron chi connectivity index (χ2n) is 8.04. The Hall–Kier alpha value is -2.37. The molecule has 1 aliphatic rings. The summed E-state index contributed by atoms with van der Waals surface area (Å²) in [5, 5.41) is 0.687. The number of anilines is 1. The number of alkyl halides is 1. The summed E-state index contributed by atoms with van der Waals surface area (Å²) in [4.78, 5) is 3.04. The average Bonchev–Trinajstić information content (AvgIpc) is 2.79. The number of sulfone groups is 1. The minimum atomic E-state index is -3.65. The SMILES string of the molecule is Cc1cccc(C2=C(S(=O)(=O)c3ccccc3)CN(c3ccccc3C)CC2CBr)c1. The van der Waals surface area contributed by atoms with Crippen molar-refractivity contribution in [3.8, 4) is 0 Å². The minimum Gasteiger partial charge on any atom is -0.366 e. The summed E-state index contributed by atoms with van der Waals surface area (Å²) in [5.74, 6) is 0.0450. The third kappa shape index (κ3) is 4.35. The van der Waals surface area contributed by atoms with Gasteiger partial charge in [-0.05, 0) is 48.7 Å². The number of aryl methyl sites for hydroxylation is 2. The van der Waals surface area contributed by atoms with Crippen LogP contribution in [0.15, 0.2) is 88.7 Å². The van der Waals surface area contributed by atoms with E-state index in [0.717, 1.165) is 34.5 Å². The molecule has 1 heterocycles. The first-order chi connectivity index (χ1) is 14.9. The van der Waals surface area contributed by atoms with Crippen LogP contribution in [0, 0.1) is 19.8 Å². The lowest BCUT2D eigenvalue weighted by atomic mass is 9.89. The Bertz CT molecular complexity index is 1220. The molecule has 1 unspecified atom stereocenters. The molecule has 1 atom stereocenters. The van der Waals surface area contributed by atoms with Gasteiger partial charge >= 0.3 is 0 Å². The lowest BCUT2D eigenvalue weighted by molar-refractivity contribution is 0.596. The van der Waals surface area contributed by atoms with E-state index in [1.54, 1.807) is 24.3 Å². The van der Waals surface area contributed by atoms with E-state index in [0.29, 0.717) is 21.7 Å². The Balaban J connectivity index is 1.94. The maximum absolute atomic E-state index is 13.9. The molecule has 0 bridgehead atoms. The number of para-hydroxylation sites is 1. The second kappa shape index (κ2) is 9.01. The van der Waals surface area contributed by atoms with E-state index >= 15 is 0 Å². The van der Waals surface area contributed by atoms with Crippen molar-refractivity contribution in [1.29, 1.82) is 0 Å². The summed E-state index contributed by atoms with van der Waals surface area (Å²) in [5.41, 5.74) is 5.26. The van der Waals surface area contributed by atoms with Gasteiger partial charge in [0.05, 0.1) is 16.3 Å². The van der Waals surface area contributed by atoms with Crippen LogP contribution in [0.3, 0.4) is 0 Å². The zero-order valence-corrected chi connectivity index (χ0v) is 20.2. The topological polar surface area (TPSA) is 37.4 Å². The molecule has 3 nitrogen and oxygen atoms in total. The highest BCUT2D eigenvalue weighted by atomic mass is 79.9. The van der Waals surface area contributed by atoms with Gasteiger partial charge in [-0.3, -0.25) is 0 Å². The molecular weight excluding hydrogens is 470 g/mol. The first-order valence-electron chi connectivity index (χ1n) is 10.4. The lowest BCUT2D eigenvalue weighted by Gasteiger charge is -2.38. The fourth-order valence-corrected chi connectivity index (χ4v) is 6.54. The van der Waals surface area contributed by atoms with E-state index < -0.39 is 9.84 Å². The van der Waals surface area contributed by atoms with Crippen molar-refractivity contribution < 1.29 is 8.42 Å². The highest BCUT2D eigenvalue weighted by Crippen LogP contribution is 2.40. The molecule has 0 radical (unpaired) electrons. The van der Waals surface area contributed by atoms with Gasteiger partial charge in [0.25, 0.3) is 0 Å². The summed E-state index contributed by atoms with van der Waals surface area (Å²) in [6.45, 7) is 5.23. The number of rotatable bonds is 5. The number of hydrogen-bond donors (Lipinski definition) is 0. The number of hydrogen-bond acceptors (Lipinski definition) is 3. The monoisotopic (exact) mass is 495 g/mol. The molecule has 3 aromatic carbocycles. The normalized spacial score (nSPS) is 17.1. The fourth-order valence-electron chi connectivity index (χ4n) is 4.32. The van der Waals surface area contributed by atoms with Gasteiger partial charge in [-0.25, -0.2) is 8.42 Å². The van der Waals surface area contributed by atoms with Gasteiger partial charge in [0.15, 0.2) is 0 Å². The van der Waals surface area contributed by atoms with Gasteiger partial charge in [-0.1, -0.05) is 82.2 Å². The van der Waals surface area contributed by atoms with E-state index in [2.05, 4.69) is 46.0 Å². The van der Waals surface area contributed by atoms with Crippen molar-refractivity contribution >= 4 is 37.0 Å². The van der Waals surface area contributed by atoms with Crippen LogP contribution in [0.4, 0.5) is 5.69 Å². The largest absolute Gasteiger partial charge is 0.366 e. The van der Waals surface area contributed by atoms with Crippen LogP contribution in [0.1, 0.15) is 16.7 Å². The molecule has 5 heteroatoms. The maximum Gasteiger partial charge on any atom is 0.204 e. The lowest BCUT2D eigenvalue weighted by Crippen LogP contribution is -2.40. The first kappa shape index (κ1) is 21.8. The third-order valence-electron chi connectivity index (χ3n) is 5.83. The molecule has 0 N–H and O–H groups in total. The molecule has 0 aliphatic carbocycles. The molecule has 0 aromatic heterocycles. The maximum atomic E-state index is 13.9. The first-order valence-corrected chi connectivity index (χ1v) is 13.0. The fraction of sp³-hybridized carbons (Fsp3) is 0.231. The molecule has 0 spiro atoms. The molecule has 0 fully saturated rings. The Kier molecular flexibility index (Phi) is 6.35. The van der Waals surface area contributed by atoms with Crippen LogP contribution in [0.25, 0.3) is 5.57 Å². The molecule has 31 heavy (non-hydrogen) atoms. The van der Waals surface area contributed by atoms with Gasteiger partial charge in [0.1, 0.15) is 0 Å². The molecule has 3 aromatic rings. The molecule has 0 saturated heterocycles. The molecule has 160 valence electrons. The van der Waals surface area contributed by atoms with Crippen molar-refractivity contribution in [3.63, 3.8) is 0 Å². The zero-order chi connectivity index (χ0) is 22.0. The summed E-state index contributed by atoms with van der Waals surface area (Å²) in [7, 11) is -3.65. The van der Waals surface area contributed by atoms with Gasteiger partial charge < -0.3 is 4.90 Å². The number of benzene rings is 3. The predicted molar refractivity (Wildman–Crippen MR) is 132 cm³/mol. The van der Waals surface area contributed by atoms with Gasteiger partial charge in [-0.2, -0.15) is 0 Å². The zero-order valence-electron chi connectivity index (χ0n) is 17.8. The molecule has 4 rings (SSSR count). The number of nitrogens with zero attached hydrogens (tertiary/aromatic N) is 1. The van der Waals surface area contributed by atoms with E-state index in [9.17, 15) is 8.42 Å². The van der Waals surface area contributed by atoms with E-state index in [4.69, 9.17) is 0 Å². The number of halogens is 1. The Morgan fingerprint density at radius 1 is 0.935 bits per heavy atom. The minimum absolute atomic E-state index is 0.0450. The highest BCUT2D eigenvalue weighted by Gasteiger charge is 2.35. The molecular formula is C26H26BrNO2S. The summed E-state index contributed by atoms with van der Waals surface area (Å²) in [6.07, 6.45) is 0. The smallest absolute Gasteiger partial charge is 0.204 e. The van der Waals surface area contributed by atoms with Crippen LogP contribution in [-0.4, -0.2) is 26.8 Å². The van der Waals surface area contributed by atoms with E-state index in [1.165, 1.54) is 0 Å². The average molecular weight is 496 g/mol. The second-order valence-corrected chi connectivity index (χ2v) is 10.7. The summed E-state index contributed by atoms with van der Waals surface area (Å²) >= 11 is 3.68. The van der Waals surface area contributed by atoms with Gasteiger partial charge in [-0.15, -0.1) is 0 Å². The van der Waals surface area contributed by atoms with Crippen molar-refractivity contribution in [2.75, 3.05) is 23.3 Å². The Morgan fingerprint density at radius 2 is 1.65 bits per heavy atom. The molecule has 1 aliphatic heterocycles. The summed E-state index contributed by atoms with van der Waals surface area (Å²) < 4.78 is 27.8. The highest BCUT2D eigenvalue weighted by molar-refractivity contribution is 9.09. The Morgan fingerprint density at radius 3 is 2.32 bits per heavy atom. The van der Waals surface area contributed by atoms with Gasteiger partial charge in [0, 0.05) is 23.5 Å².